The lowest BCUT2D eigenvalue weighted by molar-refractivity contribution is 0.633. The Morgan fingerprint density at radius 1 is 1.25 bits per heavy atom. The van der Waals surface area contributed by atoms with Crippen molar-refractivity contribution in [1.29, 1.82) is 0 Å². The molecular formula is C9H14FNSi. The zero-order valence-corrected chi connectivity index (χ0v) is 8.69. The Bertz CT molecular complexity index is 291. The standard InChI is InChI=1S/C9H14FNSi/c1-12(2,3)7-4-5-8(10)9(11)6-7/h4-6H,11H2,1-3H3. The maximum absolute atomic E-state index is 12.8. The summed E-state index contributed by atoms with van der Waals surface area (Å²) in [5.41, 5.74) is 5.72. The van der Waals surface area contributed by atoms with Crippen molar-refractivity contribution in [2.24, 2.45) is 0 Å². The number of hydrogen-bond acceptors (Lipinski definition) is 1. The Labute approximate surface area is 73.4 Å². The summed E-state index contributed by atoms with van der Waals surface area (Å²) in [5, 5.41) is 1.20. The number of benzene rings is 1. The van der Waals surface area contributed by atoms with E-state index in [4.69, 9.17) is 5.73 Å². The lowest BCUT2D eigenvalue weighted by Gasteiger charge is -2.16. The highest BCUT2D eigenvalue weighted by Gasteiger charge is 2.16. The van der Waals surface area contributed by atoms with Gasteiger partial charge in [0.1, 0.15) is 5.82 Å². The molecule has 0 bridgehead atoms. The second kappa shape index (κ2) is 2.90. The molecule has 0 saturated carbocycles. The first-order valence-corrected chi connectivity index (χ1v) is 7.47. The van der Waals surface area contributed by atoms with Crippen molar-refractivity contribution < 1.29 is 4.39 Å². The predicted molar refractivity (Wildman–Crippen MR) is 53.8 cm³/mol. The first kappa shape index (κ1) is 9.26. The first-order valence-electron chi connectivity index (χ1n) is 3.97. The van der Waals surface area contributed by atoms with E-state index < -0.39 is 8.07 Å². The van der Waals surface area contributed by atoms with Crippen LogP contribution in [0.5, 0.6) is 0 Å². The van der Waals surface area contributed by atoms with Crippen LogP contribution >= 0.6 is 0 Å². The van der Waals surface area contributed by atoms with E-state index in [1.807, 2.05) is 6.07 Å². The van der Waals surface area contributed by atoms with Crippen LogP contribution in [-0.2, 0) is 0 Å². The summed E-state index contributed by atoms with van der Waals surface area (Å²) >= 11 is 0. The van der Waals surface area contributed by atoms with Crippen LogP contribution in [0.3, 0.4) is 0 Å². The molecule has 0 unspecified atom stereocenters. The van der Waals surface area contributed by atoms with E-state index >= 15 is 0 Å². The first-order chi connectivity index (χ1) is 5.41. The van der Waals surface area contributed by atoms with Crippen molar-refractivity contribution >= 4 is 18.9 Å². The molecule has 0 aliphatic heterocycles. The Kier molecular flexibility index (Phi) is 2.24. The van der Waals surface area contributed by atoms with E-state index in [1.165, 1.54) is 11.3 Å². The zero-order valence-electron chi connectivity index (χ0n) is 7.69. The molecule has 12 heavy (non-hydrogen) atoms. The van der Waals surface area contributed by atoms with E-state index in [0.29, 0.717) is 0 Å². The van der Waals surface area contributed by atoms with E-state index in [0.717, 1.165) is 0 Å². The van der Waals surface area contributed by atoms with Gasteiger partial charge >= 0.3 is 0 Å². The Hall–Kier alpha value is -0.833. The van der Waals surface area contributed by atoms with Gasteiger partial charge in [-0.25, -0.2) is 4.39 Å². The highest BCUT2D eigenvalue weighted by molar-refractivity contribution is 6.88. The summed E-state index contributed by atoms with van der Waals surface area (Å²) in [5.74, 6) is -0.322. The highest BCUT2D eigenvalue weighted by Crippen LogP contribution is 2.10. The topological polar surface area (TPSA) is 26.0 Å². The molecule has 1 aromatic carbocycles. The van der Waals surface area contributed by atoms with Gasteiger partial charge in [0, 0.05) is 0 Å². The van der Waals surface area contributed by atoms with Gasteiger partial charge in [-0.3, -0.25) is 0 Å². The van der Waals surface area contributed by atoms with Gasteiger partial charge < -0.3 is 5.73 Å². The largest absolute Gasteiger partial charge is 0.396 e. The zero-order chi connectivity index (χ0) is 9.35. The van der Waals surface area contributed by atoms with Gasteiger partial charge in [0.15, 0.2) is 0 Å². The van der Waals surface area contributed by atoms with Crippen LogP contribution < -0.4 is 10.9 Å². The summed E-state index contributed by atoms with van der Waals surface area (Å²) in [6.07, 6.45) is 0. The number of hydrogen-bond donors (Lipinski definition) is 1. The van der Waals surface area contributed by atoms with Crippen molar-refractivity contribution in [1.82, 2.24) is 0 Å². The molecule has 1 aromatic rings. The van der Waals surface area contributed by atoms with Crippen LogP contribution in [-0.4, -0.2) is 8.07 Å². The SMILES string of the molecule is C[Si](C)(C)c1ccc(F)c(N)c1. The van der Waals surface area contributed by atoms with E-state index in [-0.39, 0.29) is 11.5 Å². The Balaban J connectivity index is 3.14. The molecule has 0 radical (unpaired) electrons. The second-order valence-corrected chi connectivity index (χ2v) is 9.06. The van der Waals surface area contributed by atoms with Crippen molar-refractivity contribution in [3.05, 3.63) is 24.0 Å². The van der Waals surface area contributed by atoms with E-state index in [1.54, 1.807) is 6.07 Å². The van der Waals surface area contributed by atoms with Crippen LogP contribution in [0.1, 0.15) is 0 Å². The van der Waals surface area contributed by atoms with Gasteiger partial charge in [0.05, 0.1) is 13.8 Å². The highest BCUT2D eigenvalue weighted by atomic mass is 28.3. The minimum absolute atomic E-state index is 0.259. The number of anilines is 1. The molecule has 3 heteroatoms. The third kappa shape index (κ3) is 1.85. The Morgan fingerprint density at radius 3 is 2.25 bits per heavy atom. The average Bonchev–Trinajstić information content (AvgIpc) is 1.92. The fourth-order valence-corrected chi connectivity index (χ4v) is 2.18. The number of rotatable bonds is 1. The third-order valence-corrected chi connectivity index (χ3v) is 3.91. The Morgan fingerprint density at radius 2 is 1.83 bits per heavy atom. The van der Waals surface area contributed by atoms with E-state index in [2.05, 4.69) is 19.6 Å². The van der Waals surface area contributed by atoms with Gasteiger partial charge in [-0.15, -0.1) is 0 Å². The molecule has 0 saturated heterocycles. The second-order valence-electron chi connectivity index (χ2n) is 3.99. The molecule has 0 spiro atoms. The fourth-order valence-electron chi connectivity index (χ4n) is 1.01. The average molecular weight is 183 g/mol. The molecule has 0 amide bonds. The third-order valence-electron chi connectivity index (χ3n) is 1.86. The molecule has 2 N–H and O–H groups in total. The van der Waals surface area contributed by atoms with Crippen molar-refractivity contribution in [2.75, 3.05) is 5.73 Å². The summed E-state index contributed by atoms with van der Waals surface area (Å²) in [7, 11) is -1.33. The summed E-state index contributed by atoms with van der Waals surface area (Å²) < 4.78 is 12.8. The molecule has 0 aliphatic rings. The quantitative estimate of drug-likeness (QED) is 0.522. The minimum atomic E-state index is -1.33. The van der Waals surface area contributed by atoms with Crippen LogP contribution in [0.2, 0.25) is 19.6 Å². The van der Waals surface area contributed by atoms with Crippen molar-refractivity contribution in [3.63, 3.8) is 0 Å². The van der Waals surface area contributed by atoms with Crippen LogP contribution in [0.4, 0.5) is 10.1 Å². The van der Waals surface area contributed by atoms with Gasteiger partial charge in [-0.2, -0.15) is 0 Å². The van der Waals surface area contributed by atoms with Crippen LogP contribution in [0, 0.1) is 5.82 Å². The monoisotopic (exact) mass is 183 g/mol. The smallest absolute Gasteiger partial charge is 0.146 e. The van der Waals surface area contributed by atoms with Gasteiger partial charge in [-0.1, -0.05) is 30.9 Å². The molecule has 0 aliphatic carbocycles. The number of nitrogen functional groups attached to an aromatic ring is 1. The van der Waals surface area contributed by atoms with Crippen molar-refractivity contribution in [3.8, 4) is 0 Å². The van der Waals surface area contributed by atoms with Crippen LogP contribution in [0.15, 0.2) is 18.2 Å². The van der Waals surface area contributed by atoms with E-state index in [9.17, 15) is 4.39 Å². The molecule has 0 aromatic heterocycles. The fraction of sp³-hybridized carbons (Fsp3) is 0.333. The maximum Gasteiger partial charge on any atom is 0.146 e. The normalized spacial score (nSPS) is 11.7. The maximum atomic E-state index is 12.8. The molecule has 0 heterocycles. The van der Waals surface area contributed by atoms with Gasteiger partial charge in [0.25, 0.3) is 0 Å². The summed E-state index contributed by atoms with van der Waals surface area (Å²) in [4.78, 5) is 0. The lowest BCUT2D eigenvalue weighted by atomic mass is 10.3. The molecule has 66 valence electrons. The molecule has 1 nitrogen and oxygen atoms in total. The minimum Gasteiger partial charge on any atom is -0.396 e. The molecule has 0 fully saturated rings. The van der Waals surface area contributed by atoms with Gasteiger partial charge in [-0.05, 0) is 12.1 Å². The lowest BCUT2D eigenvalue weighted by Crippen LogP contribution is -2.37. The van der Waals surface area contributed by atoms with Crippen LogP contribution in [0.25, 0.3) is 0 Å². The summed E-state index contributed by atoms with van der Waals surface area (Å²) in [6.45, 7) is 6.62. The molecular weight excluding hydrogens is 169 g/mol. The number of halogens is 1. The molecule has 0 atom stereocenters. The molecule has 1 rings (SSSR count). The summed E-state index contributed by atoms with van der Waals surface area (Å²) in [6, 6.07) is 5.03. The number of nitrogens with two attached hydrogens (primary N) is 1. The predicted octanol–water partition coefficient (Wildman–Crippen LogP) is 1.95. The van der Waals surface area contributed by atoms with Crippen molar-refractivity contribution in [2.45, 2.75) is 19.6 Å². The van der Waals surface area contributed by atoms with Gasteiger partial charge in [0.2, 0.25) is 0 Å².